The molecule has 2 aromatic heterocycles. The van der Waals surface area contributed by atoms with Gasteiger partial charge in [0.25, 0.3) is 5.56 Å². The smallest absolute Gasteiger partial charge is 0.328 e. The van der Waals surface area contributed by atoms with E-state index in [1.165, 1.54) is 23.5 Å². The van der Waals surface area contributed by atoms with Crippen molar-refractivity contribution in [3.63, 3.8) is 0 Å². The highest BCUT2D eigenvalue weighted by molar-refractivity contribution is 5.94. The van der Waals surface area contributed by atoms with Crippen LogP contribution in [0.5, 0.6) is 0 Å². The molecule has 3 rings (SSSR count). The topological polar surface area (TPSA) is 89.8 Å². The maximum atomic E-state index is 12.2. The molecule has 29 heavy (non-hydrogen) atoms. The molecule has 0 radical (unpaired) electrons. The van der Waals surface area contributed by atoms with E-state index in [1.807, 2.05) is 43.3 Å². The van der Waals surface area contributed by atoms with Crippen LogP contribution in [0.4, 0.5) is 0 Å². The SMILES string of the molecule is Cc1cccn2c(=O)cc(COC(=O)[C@H](C)NC(=O)/C=C/c3ccccc3)nc12. The van der Waals surface area contributed by atoms with Crippen LogP contribution >= 0.6 is 0 Å². The molecule has 1 atom stereocenters. The number of amides is 1. The zero-order valence-corrected chi connectivity index (χ0v) is 16.2. The van der Waals surface area contributed by atoms with E-state index in [4.69, 9.17) is 4.74 Å². The summed E-state index contributed by atoms with van der Waals surface area (Å²) in [4.78, 5) is 40.7. The molecule has 0 fully saturated rings. The van der Waals surface area contributed by atoms with E-state index in [2.05, 4.69) is 10.3 Å². The van der Waals surface area contributed by atoms with Crippen LogP contribution in [-0.4, -0.2) is 27.3 Å². The summed E-state index contributed by atoms with van der Waals surface area (Å²) in [6, 6.07) is 13.4. The Morgan fingerprint density at radius 3 is 2.72 bits per heavy atom. The van der Waals surface area contributed by atoms with Crippen molar-refractivity contribution in [2.45, 2.75) is 26.5 Å². The summed E-state index contributed by atoms with van der Waals surface area (Å²) in [6.07, 6.45) is 4.64. The van der Waals surface area contributed by atoms with Crippen LogP contribution in [0, 0.1) is 6.92 Å². The van der Waals surface area contributed by atoms with E-state index in [1.54, 1.807) is 18.3 Å². The zero-order chi connectivity index (χ0) is 20.8. The minimum atomic E-state index is -0.841. The molecule has 0 saturated carbocycles. The molecule has 1 N–H and O–H groups in total. The van der Waals surface area contributed by atoms with Crippen molar-refractivity contribution in [1.82, 2.24) is 14.7 Å². The molecule has 0 aliphatic rings. The molecule has 0 aliphatic carbocycles. The lowest BCUT2D eigenvalue weighted by Gasteiger charge is -2.12. The number of aryl methyl sites for hydroxylation is 1. The Balaban J connectivity index is 1.58. The van der Waals surface area contributed by atoms with Crippen LogP contribution < -0.4 is 10.9 Å². The van der Waals surface area contributed by atoms with Crippen LogP contribution in [0.3, 0.4) is 0 Å². The third-order valence-electron chi connectivity index (χ3n) is 4.24. The van der Waals surface area contributed by atoms with Gasteiger partial charge in [0.2, 0.25) is 5.91 Å². The summed E-state index contributed by atoms with van der Waals surface area (Å²) in [5.74, 6) is -1.02. The second-order valence-electron chi connectivity index (χ2n) is 6.55. The Hall–Kier alpha value is -3.74. The van der Waals surface area contributed by atoms with Crippen molar-refractivity contribution >= 4 is 23.6 Å². The Labute approximate surface area is 167 Å². The molecule has 3 aromatic rings. The fraction of sp³-hybridized carbons (Fsp3) is 0.182. The number of hydrogen-bond acceptors (Lipinski definition) is 5. The second kappa shape index (κ2) is 8.97. The van der Waals surface area contributed by atoms with Gasteiger partial charge in [-0.15, -0.1) is 0 Å². The molecule has 0 saturated heterocycles. The first-order valence-electron chi connectivity index (χ1n) is 9.12. The number of carbonyl (C=O) groups is 2. The van der Waals surface area contributed by atoms with Gasteiger partial charge in [0.1, 0.15) is 18.3 Å². The van der Waals surface area contributed by atoms with Crippen molar-refractivity contribution in [3.8, 4) is 0 Å². The summed E-state index contributed by atoms with van der Waals surface area (Å²) in [6.45, 7) is 3.22. The first-order valence-corrected chi connectivity index (χ1v) is 9.12. The highest BCUT2D eigenvalue weighted by atomic mass is 16.5. The predicted molar refractivity (Wildman–Crippen MR) is 109 cm³/mol. The minimum absolute atomic E-state index is 0.154. The lowest BCUT2D eigenvalue weighted by atomic mass is 10.2. The lowest BCUT2D eigenvalue weighted by molar-refractivity contribution is -0.148. The molecule has 0 spiro atoms. The van der Waals surface area contributed by atoms with Gasteiger partial charge in [-0.25, -0.2) is 9.78 Å². The van der Waals surface area contributed by atoms with Gasteiger partial charge in [0, 0.05) is 18.3 Å². The van der Waals surface area contributed by atoms with Crippen molar-refractivity contribution in [1.29, 1.82) is 0 Å². The normalized spacial score (nSPS) is 12.1. The van der Waals surface area contributed by atoms with Gasteiger partial charge in [-0.3, -0.25) is 14.0 Å². The molecule has 1 aromatic carbocycles. The number of nitrogens with one attached hydrogen (secondary N) is 1. The Morgan fingerprint density at radius 1 is 1.21 bits per heavy atom. The van der Waals surface area contributed by atoms with Gasteiger partial charge in [-0.2, -0.15) is 0 Å². The number of aromatic nitrogens is 2. The molecule has 0 bridgehead atoms. The number of carbonyl (C=O) groups excluding carboxylic acids is 2. The number of nitrogens with zero attached hydrogens (tertiary/aromatic N) is 2. The van der Waals surface area contributed by atoms with Crippen LogP contribution in [0.1, 0.15) is 23.7 Å². The molecule has 0 unspecified atom stereocenters. The van der Waals surface area contributed by atoms with E-state index in [0.717, 1.165) is 11.1 Å². The third kappa shape index (κ3) is 5.16. The van der Waals surface area contributed by atoms with Gasteiger partial charge < -0.3 is 10.1 Å². The number of fused-ring (bicyclic) bond motifs is 1. The standard InChI is InChI=1S/C22H21N3O4/c1-15-7-6-12-25-20(27)13-18(24-21(15)25)14-29-22(28)16(2)23-19(26)11-10-17-8-4-3-5-9-17/h3-13,16H,14H2,1-2H3,(H,23,26)/b11-10+/t16-/m0/s1. The summed E-state index contributed by atoms with van der Waals surface area (Å²) >= 11 is 0. The van der Waals surface area contributed by atoms with Gasteiger partial charge in [-0.1, -0.05) is 36.4 Å². The van der Waals surface area contributed by atoms with Gasteiger partial charge in [0.05, 0.1) is 5.69 Å². The van der Waals surface area contributed by atoms with Crippen LogP contribution in [0.2, 0.25) is 0 Å². The molecule has 1 amide bonds. The highest BCUT2D eigenvalue weighted by Crippen LogP contribution is 2.07. The number of rotatable bonds is 6. The summed E-state index contributed by atoms with van der Waals surface area (Å²) in [7, 11) is 0. The third-order valence-corrected chi connectivity index (χ3v) is 4.24. The maximum Gasteiger partial charge on any atom is 0.328 e. The van der Waals surface area contributed by atoms with Crippen molar-refractivity contribution < 1.29 is 14.3 Å². The molecule has 2 heterocycles. The van der Waals surface area contributed by atoms with Crippen molar-refractivity contribution in [2.24, 2.45) is 0 Å². The first kappa shape index (κ1) is 20.0. The van der Waals surface area contributed by atoms with E-state index in [0.29, 0.717) is 11.3 Å². The first-order chi connectivity index (χ1) is 13.9. The largest absolute Gasteiger partial charge is 0.458 e. The van der Waals surface area contributed by atoms with Crippen LogP contribution in [-0.2, 0) is 20.9 Å². The Morgan fingerprint density at radius 2 is 1.97 bits per heavy atom. The average Bonchev–Trinajstić information content (AvgIpc) is 2.72. The second-order valence-corrected chi connectivity index (χ2v) is 6.55. The number of ether oxygens (including phenoxy) is 1. The average molecular weight is 391 g/mol. The monoisotopic (exact) mass is 391 g/mol. The van der Waals surface area contributed by atoms with E-state index < -0.39 is 17.9 Å². The quantitative estimate of drug-likeness (QED) is 0.514. The van der Waals surface area contributed by atoms with E-state index in [-0.39, 0.29) is 12.2 Å². The Kier molecular flexibility index (Phi) is 6.19. The molecule has 7 nitrogen and oxygen atoms in total. The summed E-state index contributed by atoms with van der Waals surface area (Å²) in [5, 5.41) is 2.55. The number of hydrogen-bond donors (Lipinski definition) is 1. The van der Waals surface area contributed by atoms with Crippen LogP contribution in [0.15, 0.2) is 65.6 Å². The van der Waals surface area contributed by atoms with Crippen molar-refractivity contribution in [2.75, 3.05) is 0 Å². The minimum Gasteiger partial charge on any atom is -0.458 e. The highest BCUT2D eigenvalue weighted by Gasteiger charge is 2.16. The number of benzene rings is 1. The molecule has 0 aliphatic heterocycles. The Bertz CT molecular complexity index is 1120. The number of esters is 1. The number of pyridine rings is 1. The van der Waals surface area contributed by atoms with Crippen LogP contribution in [0.25, 0.3) is 11.7 Å². The fourth-order valence-corrected chi connectivity index (χ4v) is 2.71. The van der Waals surface area contributed by atoms with Gasteiger partial charge in [0.15, 0.2) is 0 Å². The molecule has 148 valence electrons. The van der Waals surface area contributed by atoms with Gasteiger partial charge in [-0.05, 0) is 37.1 Å². The molecular weight excluding hydrogens is 370 g/mol. The fourth-order valence-electron chi connectivity index (χ4n) is 2.71. The lowest BCUT2D eigenvalue weighted by Crippen LogP contribution is -2.38. The van der Waals surface area contributed by atoms with E-state index in [9.17, 15) is 14.4 Å². The van der Waals surface area contributed by atoms with Gasteiger partial charge >= 0.3 is 5.97 Å². The molecular formula is C22H21N3O4. The summed E-state index contributed by atoms with van der Waals surface area (Å²) in [5.41, 5.74) is 2.32. The predicted octanol–water partition coefficient (Wildman–Crippen LogP) is 2.26. The molecule has 7 heteroatoms. The zero-order valence-electron chi connectivity index (χ0n) is 16.2. The van der Waals surface area contributed by atoms with Crippen molar-refractivity contribution in [3.05, 3.63) is 88.0 Å². The maximum absolute atomic E-state index is 12.2. The van der Waals surface area contributed by atoms with E-state index >= 15 is 0 Å². The summed E-state index contributed by atoms with van der Waals surface area (Å²) < 4.78 is 6.64.